The molecule has 0 amide bonds. The van der Waals surface area contributed by atoms with E-state index in [9.17, 15) is 9.18 Å². The summed E-state index contributed by atoms with van der Waals surface area (Å²) in [6, 6.07) is 8.80. The average Bonchev–Trinajstić information content (AvgIpc) is 2.80. The van der Waals surface area contributed by atoms with Crippen molar-refractivity contribution in [1.29, 1.82) is 0 Å². The van der Waals surface area contributed by atoms with Crippen LogP contribution in [0.15, 0.2) is 40.8 Å². The Morgan fingerprint density at radius 3 is 2.75 bits per heavy atom. The average molecular weight is 271 g/mol. The predicted molar refractivity (Wildman–Crippen MR) is 71.1 cm³/mol. The fourth-order valence-electron chi connectivity index (χ4n) is 2.04. The molecule has 0 bridgehead atoms. The van der Waals surface area contributed by atoms with E-state index in [2.05, 4.69) is 4.98 Å². The molecule has 0 saturated heterocycles. The molecule has 0 spiro atoms. The second-order valence-electron chi connectivity index (χ2n) is 4.47. The smallest absolute Gasteiger partial charge is 0.335 e. The van der Waals surface area contributed by atoms with Gasteiger partial charge in [0.25, 0.3) is 0 Å². The third kappa shape index (κ3) is 2.03. The molecule has 1 aromatic heterocycles. The van der Waals surface area contributed by atoms with Gasteiger partial charge in [0, 0.05) is 5.56 Å². The number of carboxylic acids is 1. The van der Waals surface area contributed by atoms with E-state index in [1.54, 1.807) is 19.1 Å². The second-order valence-corrected chi connectivity index (χ2v) is 4.47. The number of carbonyl (C=O) groups is 1. The van der Waals surface area contributed by atoms with Crippen molar-refractivity contribution in [3.63, 3.8) is 0 Å². The highest BCUT2D eigenvalue weighted by Crippen LogP contribution is 2.27. The van der Waals surface area contributed by atoms with E-state index in [-0.39, 0.29) is 11.4 Å². The van der Waals surface area contributed by atoms with Gasteiger partial charge in [-0.3, -0.25) is 0 Å². The number of benzene rings is 2. The van der Waals surface area contributed by atoms with E-state index in [0.717, 1.165) is 0 Å². The summed E-state index contributed by atoms with van der Waals surface area (Å²) < 4.78 is 18.7. The minimum absolute atomic E-state index is 0.135. The molecular formula is C15H10FNO3. The molecule has 5 heteroatoms. The molecule has 0 unspecified atom stereocenters. The summed E-state index contributed by atoms with van der Waals surface area (Å²) >= 11 is 0. The lowest BCUT2D eigenvalue weighted by molar-refractivity contribution is 0.0697. The van der Waals surface area contributed by atoms with Gasteiger partial charge >= 0.3 is 5.97 Å². The number of carboxylic acid groups (broad SMARTS) is 1. The van der Waals surface area contributed by atoms with Crippen molar-refractivity contribution in [2.45, 2.75) is 6.92 Å². The molecular weight excluding hydrogens is 261 g/mol. The number of halogens is 1. The molecule has 3 aromatic rings. The highest BCUT2D eigenvalue weighted by molar-refractivity contribution is 5.92. The van der Waals surface area contributed by atoms with Gasteiger partial charge in [0.15, 0.2) is 5.58 Å². The van der Waals surface area contributed by atoms with Crippen LogP contribution in [0.4, 0.5) is 4.39 Å². The molecule has 2 aromatic carbocycles. The monoisotopic (exact) mass is 271 g/mol. The molecule has 0 aliphatic rings. The summed E-state index contributed by atoms with van der Waals surface area (Å²) in [6.07, 6.45) is 0. The van der Waals surface area contributed by atoms with Crippen molar-refractivity contribution < 1.29 is 18.7 Å². The molecule has 3 rings (SSSR count). The van der Waals surface area contributed by atoms with Crippen LogP contribution in [-0.2, 0) is 0 Å². The van der Waals surface area contributed by atoms with Crippen molar-refractivity contribution in [1.82, 2.24) is 4.98 Å². The van der Waals surface area contributed by atoms with Gasteiger partial charge in [0.1, 0.15) is 11.3 Å². The number of hydrogen-bond acceptors (Lipinski definition) is 3. The largest absolute Gasteiger partial charge is 0.478 e. The van der Waals surface area contributed by atoms with Gasteiger partial charge < -0.3 is 9.52 Å². The van der Waals surface area contributed by atoms with Gasteiger partial charge in [0.2, 0.25) is 5.89 Å². The SMILES string of the molecule is Cc1cc(F)ccc1-c1nc2ccc(C(=O)O)cc2o1. The van der Waals surface area contributed by atoms with Crippen LogP contribution in [-0.4, -0.2) is 16.1 Å². The normalized spacial score (nSPS) is 10.9. The third-order valence-electron chi connectivity index (χ3n) is 3.05. The quantitative estimate of drug-likeness (QED) is 0.772. The highest BCUT2D eigenvalue weighted by Gasteiger charge is 2.13. The molecule has 20 heavy (non-hydrogen) atoms. The minimum Gasteiger partial charge on any atom is -0.478 e. The number of aromatic carboxylic acids is 1. The van der Waals surface area contributed by atoms with Crippen molar-refractivity contribution in [2.75, 3.05) is 0 Å². The first-order chi connectivity index (χ1) is 9.54. The van der Waals surface area contributed by atoms with Crippen molar-refractivity contribution in [2.24, 2.45) is 0 Å². The maximum atomic E-state index is 13.1. The summed E-state index contributed by atoms with van der Waals surface area (Å²) in [5.41, 5.74) is 2.47. The number of hydrogen-bond donors (Lipinski definition) is 1. The van der Waals surface area contributed by atoms with Crippen LogP contribution in [0.25, 0.3) is 22.6 Å². The lowest BCUT2D eigenvalue weighted by Gasteiger charge is -2.00. The standard InChI is InChI=1S/C15H10FNO3/c1-8-6-10(16)3-4-11(8)14-17-12-5-2-9(15(18)19)7-13(12)20-14/h2-7H,1H3,(H,18,19). The van der Waals surface area contributed by atoms with Crippen molar-refractivity contribution in [3.05, 3.63) is 53.3 Å². The Balaban J connectivity index is 2.15. The molecule has 4 nitrogen and oxygen atoms in total. The summed E-state index contributed by atoms with van der Waals surface area (Å²) in [4.78, 5) is 15.2. The lowest BCUT2D eigenvalue weighted by Crippen LogP contribution is -1.94. The number of rotatable bonds is 2. The Morgan fingerprint density at radius 2 is 2.05 bits per heavy atom. The van der Waals surface area contributed by atoms with Gasteiger partial charge in [-0.1, -0.05) is 0 Å². The van der Waals surface area contributed by atoms with Gasteiger partial charge in [-0.15, -0.1) is 0 Å². The van der Waals surface area contributed by atoms with Crippen LogP contribution in [0, 0.1) is 12.7 Å². The van der Waals surface area contributed by atoms with Crippen LogP contribution in [0.3, 0.4) is 0 Å². The summed E-state index contributed by atoms with van der Waals surface area (Å²) in [7, 11) is 0. The molecule has 100 valence electrons. The van der Waals surface area contributed by atoms with E-state index in [0.29, 0.717) is 28.1 Å². The fraction of sp³-hybridized carbons (Fsp3) is 0.0667. The predicted octanol–water partition coefficient (Wildman–Crippen LogP) is 3.64. The third-order valence-corrected chi connectivity index (χ3v) is 3.05. The molecule has 0 radical (unpaired) electrons. The van der Waals surface area contributed by atoms with Crippen LogP contribution in [0.2, 0.25) is 0 Å². The molecule has 1 N–H and O–H groups in total. The number of aryl methyl sites for hydroxylation is 1. The minimum atomic E-state index is -1.03. The Morgan fingerprint density at radius 1 is 1.25 bits per heavy atom. The zero-order valence-corrected chi connectivity index (χ0v) is 10.6. The molecule has 0 atom stereocenters. The van der Waals surface area contributed by atoms with Crippen molar-refractivity contribution >= 4 is 17.1 Å². The van der Waals surface area contributed by atoms with Gasteiger partial charge in [-0.05, 0) is 48.9 Å². The van der Waals surface area contributed by atoms with Gasteiger partial charge in [-0.25, -0.2) is 14.2 Å². The number of oxazole rings is 1. The molecule has 0 aliphatic carbocycles. The molecule has 0 fully saturated rings. The van der Waals surface area contributed by atoms with E-state index in [1.165, 1.54) is 24.3 Å². The maximum absolute atomic E-state index is 13.1. The summed E-state index contributed by atoms with van der Waals surface area (Å²) in [6.45, 7) is 1.76. The zero-order valence-electron chi connectivity index (χ0n) is 10.6. The highest BCUT2D eigenvalue weighted by atomic mass is 19.1. The van der Waals surface area contributed by atoms with Gasteiger partial charge in [-0.2, -0.15) is 0 Å². The van der Waals surface area contributed by atoms with Gasteiger partial charge in [0.05, 0.1) is 5.56 Å². The number of aromatic nitrogens is 1. The van der Waals surface area contributed by atoms with E-state index in [4.69, 9.17) is 9.52 Å². The molecule has 0 aliphatic heterocycles. The fourth-order valence-corrected chi connectivity index (χ4v) is 2.04. The Bertz CT molecular complexity index is 823. The van der Waals surface area contributed by atoms with Crippen LogP contribution in [0.5, 0.6) is 0 Å². The lowest BCUT2D eigenvalue weighted by atomic mass is 10.1. The Hall–Kier alpha value is -2.69. The van der Waals surface area contributed by atoms with Crippen molar-refractivity contribution in [3.8, 4) is 11.5 Å². The summed E-state index contributed by atoms with van der Waals surface area (Å²) in [5, 5.41) is 8.94. The molecule has 0 saturated carbocycles. The second kappa shape index (κ2) is 4.45. The first kappa shape index (κ1) is 12.3. The van der Waals surface area contributed by atoms with E-state index < -0.39 is 5.97 Å². The molecule has 1 heterocycles. The maximum Gasteiger partial charge on any atom is 0.335 e. The number of nitrogens with zero attached hydrogens (tertiary/aromatic N) is 1. The zero-order chi connectivity index (χ0) is 14.3. The van der Waals surface area contributed by atoms with Crippen LogP contribution in [0.1, 0.15) is 15.9 Å². The van der Waals surface area contributed by atoms with E-state index >= 15 is 0 Å². The van der Waals surface area contributed by atoms with Crippen LogP contribution >= 0.6 is 0 Å². The first-order valence-corrected chi connectivity index (χ1v) is 5.95. The van der Waals surface area contributed by atoms with Crippen LogP contribution < -0.4 is 0 Å². The topological polar surface area (TPSA) is 63.3 Å². The van der Waals surface area contributed by atoms with E-state index in [1.807, 2.05) is 0 Å². The Labute approximate surface area is 113 Å². The number of fused-ring (bicyclic) bond motifs is 1. The first-order valence-electron chi connectivity index (χ1n) is 5.95. The Kier molecular flexibility index (Phi) is 2.75. The summed E-state index contributed by atoms with van der Waals surface area (Å²) in [5.74, 6) is -1.00.